The van der Waals surface area contributed by atoms with E-state index in [1.807, 2.05) is 12.1 Å². The van der Waals surface area contributed by atoms with Crippen molar-refractivity contribution in [3.05, 3.63) is 23.2 Å². The van der Waals surface area contributed by atoms with Gasteiger partial charge in [0.05, 0.1) is 22.3 Å². The summed E-state index contributed by atoms with van der Waals surface area (Å²) in [5, 5.41) is 4.68. The molecule has 3 nitrogen and oxygen atoms in total. The van der Waals surface area contributed by atoms with Gasteiger partial charge in [0.15, 0.2) is 0 Å². The number of hydrogen-bond donors (Lipinski definition) is 1. The summed E-state index contributed by atoms with van der Waals surface area (Å²) in [5.74, 6) is 2.15. The normalized spacial score (nSPS) is 24.4. The van der Waals surface area contributed by atoms with E-state index in [0.29, 0.717) is 11.8 Å². The largest absolute Gasteiger partial charge is 0.497 e. The Hall–Kier alpha value is -1.13. The van der Waals surface area contributed by atoms with Gasteiger partial charge >= 0.3 is 0 Å². The summed E-state index contributed by atoms with van der Waals surface area (Å²) >= 11 is 1.80. The van der Waals surface area contributed by atoms with Crippen LogP contribution in [0.5, 0.6) is 5.75 Å². The highest BCUT2D eigenvalue weighted by Crippen LogP contribution is 2.34. The van der Waals surface area contributed by atoms with Crippen molar-refractivity contribution in [2.24, 2.45) is 5.92 Å². The number of thiazole rings is 1. The maximum atomic E-state index is 5.24. The van der Waals surface area contributed by atoms with Gasteiger partial charge in [-0.3, -0.25) is 0 Å². The van der Waals surface area contributed by atoms with Crippen LogP contribution < -0.4 is 10.1 Å². The molecule has 2 heterocycles. The fourth-order valence-electron chi connectivity index (χ4n) is 2.35. The van der Waals surface area contributed by atoms with Gasteiger partial charge in [0.1, 0.15) is 5.75 Å². The molecule has 3 rings (SSSR count). The first-order chi connectivity index (χ1) is 8.28. The van der Waals surface area contributed by atoms with Crippen LogP contribution in [0.2, 0.25) is 0 Å². The smallest absolute Gasteiger partial charge is 0.120 e. The third-order valence-electron chi connectivity index (χ3n) is 3.45. The topological polar surface area (TPSA) is 34.1 Å². The van der Waals surface area contributed by atoms with Gasteiger partial charge in [-0.2, -0.15) is 0 Å². The number of hydrogen-bond acceptors (Lipinski definition) is 4. The highest BCUT2D eigenvalue weighted by molar-refractivity contribution is 7.18. The number of aromatic nitrogens is 1. The summed E-state index contributed by atoms with van der Waals surface area (Å²) in [7, 11) is 1.70. The second kappa shape index (κ2) is 4.27. The summed E-state index contributed by atoms with van der Waals surface area (Å²) in [4.78, 5) is 4.74. The van der Waals surface area contributed by atoms with Gasteiger partial charge in [-0.15, -0.1) is 11.3 Å². The van der Waals surface area contributed by atoms with E-state index in [1.165, 1.54) is 9.71 Å². The molecule has 0 amide bonds. The highest BCUT2D eigenvalue weighted by Gasteiger charge is 2.27. The predicted octanol–water partition coefficient (Wildman–Crippen LogP) is 2.63. The van der Waals surface area contributed by atoms with E-state index in [2.05, 4.69) is 18.3 Å². The maximum absolute atomic E-state index is 5.24. The molecule has 0 saturated carbocycles. The molecule has 0 bridgehead atoms. The van der Waals surface area contributed by atoms with Gasteiger partial charge in [-0.1, -0.05) is 6.92 Å². The fourth-order valence-corrected chi connectivity index (χ4v) is 3.58. The van der Waals surface area contributed by atoms with E-state index in [4.69, 9.17) is 9.72 Å². The van der Waals surface area contributed by atoms with Crippen molar-refractivity contribution in [2.75, 3.05) is 20.2 Å². The van der Waals surface area contributed by atoms with Gasteiger partial charge < -0.3 is 10.1 Å². The number of fused-ring (bicyclic) bond motifs is 1. The molecule has 17 heavy (non-hydrogen) atoms. The van der Waals surface area contributed by atoms with E-state index in [0.717, 1.165) is 24.4 Å². The molecule has 1 aliphatic rings. The third kappa shape index (κ3) is 1.91. The van der Waals surface area contributed by atoms with E-state index >= 15 is 0 Å². The van der Waals surface area contributed by atoms with Crippen molar-refractivity contribution in [1.82, 2.24) is 10.3 Å². The second-order valence-corrected chi connectivity index (χ2v) is 5.69. The Balaban J connectivity index is 2.01. The van der Waals surface area contributed by atoms with Crippen molar-refractivity contribution < 1.29 is 4.74 Å². The van der Waals surface area contributed by atoms with Crippen molar-refractivity contribution in [3.63, 3.8) is 0 Å². The Bertz CT molecular complexity index is 537. The Morgan fingerprint density at radius 3 is 3.00 bits per heavy atom. The first-order valence-corrected chi connectivity index (χ1v) is 6.75. The van der Waals surface area contributed by atoms with Crippen LogP contribution in [0.4, 0.5) is 0 Å². The molecule has 1 N–H and O–H groups in total. The van der Waals surface area contributed by atoms with Crippen LogP contribution in [0.1, 0.15) is 17.8 Å². The molecule has 2 atom stereocenters. The number of benzene rings is 1. The molecule has 4 heteroatoms. The van der Waals surface area contributed by atoms with Gasteiger partial charge in [0.2, 0.25) is 0 Å². The Labute approximate surface area is 105 Å². The maximum Gasteiger partial charge on any atom is 0.120 e. The Kier molecular flexibility index (Phi) is 2.76. The second-order valence-electron chi connectivity index (χ2n) is 4.63. The third-order valence-corrected chi connectivity index (χ3v) is 4.60. The molecule has 90 valence electrons. The van der Waals surface area contributed by atoms with Crippen LogP contribution >= 0.6 is 11.3 Å². The van der Waals surface area contributed by atoms with Crippen molar-refractivity contribution in [1.29, 1.82) is 0 Å². The molecule has 1 fully saturated rings. The number of nitrogens with one attached hydrogen (secondary N) is 1. The van der Waals surface area contributed by atoms with Crippen LogP contribution in [0.25, 0.3) is 10.2 Å². The van der Waals surface area contributed by atoms with Crippen LogP contribution in [-0.4, -0.2) is 25.2 Å². The number of methoxy groups -OCH3 is 1. The summed E-state index contributed by atoms with van der Waals surface area (Å²) in [6.07, 6.45) is 0. The summed E-state index contributed by atoms with van der Waals surface area (Å²) in [5.41, 5.74) is 1.09. The molecule has 2 unspecified atom stereocenters. The lowest BCUT2D eigenvalue weighted by molar-refractivity contribution is 0.415. The number of nitrogens with zero attached hydrogens (tertiary/aromatic N) is 1. The molecule has 1 aliphatic heterocycles. The van der Waals surface area contributed by atoms with Crippen LogP contribution in [0.15, 0.2) is 18.2 Å². The molecular formula is C13H16N2OS. The molecule has 2 aromatic rings. The van der Waals surface area contributed by atoms with Gasteiger partial charge in [0.25, 0.3) is 0 Å². The van der Waals surface area contributed by atoms with Crippen molar-refractivity contribution >= 4 is 21.6 Å². The van der Waals surface area contributed by atoms with Gasteiger partial charge in [0, 0.05) is 12.5 Å². The minimum Gasteiger partial charge on any atom is -0.497 e. The van der Waals surface area contributed by atoms with Gasteiger partial charge in [-0.25, -0.2) is 4.98 Å². The zero-order chi connectivity index (χ0) is 11.8. The van der Waals surface area contributed by atoms with E-state index in [9.17, 15) is 0 Å². The number of ether oxygens (including phenoxy) is 1. The summed E-state index contributed by atoms with van der Waals surface area (Å²) in [6, 6.07) is 6.09. The lowest BCUT2D eigenvalue weighted by Gasteiger charge is -2.09. The minimum atomic E-state index is 0.568. The number of rotatable bonds is 2. The van der Waals surface area contributed by atoms with Crippen molar-refractivity contribution in [2.45, 2.75) is 12.8 Å². The first-order valence-electron chi connectivity index (χ1n) is 5.93. The van der Waals surface area contributed by atoms with Crippen LogP contribution in [0, 0.1) is 5.92 Å². The summed E-state index contributed by atoms with van der Waals surface area (Å²) in [6.45, 7) is 4.44. The van der Waals surface area contributed by atoms with E-state index < -0.39 is 0 Å². The molecule has 1 aromatic carbocycles. The lowest BCUT2D eigenvalue weighted by atomic mass is 9.99. The quantitative estimate of drug-likeness (QED) is 0.887. The van der Waals surface area contributed by atoms with Crippen LogP contribution in [-0.2, 0) is 0 Å². The molecule has 0 radical (unpaired) electrons. The standard InChI is InChI=1S/C13H16N2OS/c1-8-6-14-7-10(8)13-15-11-4-3-9(16-2)5-12(11)17-13/h3-5,8,10,14H,6-7H2,1-2H3. The average molecular weight is 248 g/mol. The predicted molar refractivity (Wildman–Crippen MR) is 70.9 cm³/mol. The summed E-state index contributed by atoms with van der Waals surface area (Å²) < 4.78 is 6.47. The molecule has 0 aliphatic carbocycles. The SMILES string of the molecule is COc1ccc2nc(C3CNCC3C)sc2c1. The van der Waals surface area contributed by atoms with E-state index in [-0.39, 0.29) is 0 Å². The molecule has 1 saturated heterocycles. The Morgan fingerprint density at radius 2 is 2.29 bits per heavy atom. The zero-order valence-electron chi connectivity index (χ0n) is 10.1. The lowest BCUT2D eigenvalue weighted by Crippen LogP contribution is -2.07. The highest BCUT2D eigenvalue weighted by atomic mass is 32.1. The van der Waals surface area contributed by atoms with Gasteiger partial charge in [-0.05, 0) is 30.7 Å². The Morgan fingerprint density at radius 1 is 1.41 bits per heavy atom. The minimum absolute atomic E-state index is 0.568. The van der Waals surface area contributed by atoms with Crippen LogP contribution in [0.3, 0.4) is 0 Å². The molecule has 0 spiro atoms. The zero-order valence-corrected chi connectivity index (χ0v) is 10.9. The average Bonchev–Trinajstić information content (AvgIpc) is 2.93. The first kappa shape index (κ1) is 11.0. The van der Waals surface area contributed by atoms with Crippen molar-refractivity contribution in [3.8, 4) is 5.75 Å². The monoisotopic (exact) mass is 248 g/mol. The van der Waals surface area contributed by atoms with E-state index in [1.54, 1.807) is 18.4 Å². The fraction of sp³-hybridized carbons (Fsp3) is 0.462. The molecular weight excluding hydrogens is 232 g/mol. The molecule has 1 aromatic heterocycles.